The first-order chi connectivity index (χ1) is 13.6. The first-order valence-electron chi connectivity index (χ1n) is 9.91. The normalized spacial score (nSPS) is 20.1. The van der Waals surface area contributed by atoms with E-state index in [1.807, 2.05) is 36.6 Å². The van der Waals surface area contributed by atoms with Crippen molar-refractivity contribution in [2.24, 2.45) is 10.9 Å². The number of methoxy groups -OCH3 is 1. The maximum absolute atomic E-state index is 5.49. The molecule has 1 fully saturated rings. The van der Waals surface area contributed by atoms with E-state index in [1.165, 1.54) is 24.3 Å². The van der Waals surface area contributed by atoms with Gasteiger partial charge < -0.3 is 15.0 Å². The molecule has 0 amide bonds. The Morgan fingerprint density at radius 1 is 1.31 bits per heavy atom. The monoisotopic (exact) mass is 528 g/mol. The summed E-state index contributed by atoms with van der Waals surface area (Å²) in [5.74, 6) is 2.41. The van der Waals surface area contributed by atoms with Crippen molar-refractivity contribution >= 4 is 41.3 Å². The standard InChI is InChI=1S/C22H32N4OS.HI/c1-23-22(26(3)16-18-9-5-6-11-19(18)27-4)24-15-17-10-7-13-25(2)21(17)20-12-8-14-28-20;/h5-6,8-9,11-12,14,17,21H,7,10,13,15-16H2,1-4H3,(H,23,24);1H. The minimum Gasteiger partial charge on any atom is -0.496 e. The van der Waals surface area contributed by atoms with Crippen molar-refractivity contribution in [3.8, 4) is 5.75 Å². The molecule has 1 aliphatic heterocycles. The Morgan fingerprint density at radius 3 is 2.79 bits per heavy atom. The molecule has 0 spiro atoms. The Balaban J connectivity index is 0.00000300. The van der Waals surface area contributed by atoms with Gasteiger partial charge in [0.1, 0.15) is 5.75 Å². The van der Waals surface area contributed by atoms with E-state index in [0.717, 1.165) is 30.4 Å². The predicted octanol–water partition coefficient (Wildman–Crippen LogP) is 4.47. The number of rotatable bonds is 6. The summed E-state index contributed by atoms with van der Waals surface area (Å²) in [6, 6.07) is 13.1. The molecule has 2 heterocycles. The van der Waals surface area contributed by atoms with Gasteiger partial charge in [0.25, 0.3) is 0 Å². The zero-order valence-corrected chi connectivity index (χ0v) is 20.9. The molecule has 0 radical (unpaired) electrons. The highest BCUT2D eigenvalue weighted by molar-refractivity contribution is 14.0. The van der Waals surface area contributed by atoms with Crippen LogP contribution in [0.25, 0.3) is 0 Å². The summed E-state index contributed by atoms with van der Waals surface area (Å²) in [5.41, 5.74) is 1.16. The number of ether oxygens (including phenoxy) is 1. The van der Waals surface area contributed by atoms with Crippen LogP contribution in [0.3, 0.4) is 0 Å². The van der Waals surface area contributed by atoms with Gasteiger partial charge in [-0.25, -0.2) is 0 Å². The molecule has 2 atom stereocenters. The molecule has 0 saturated carbocycles. The van der Waals surface area contributed by atoms with E-state index >= 15 is 0 Å². The van der Waals surface area contributed by atoms with Crippen LogP contribution < -0.4 is 10.1 Å². The second-order valence-electron chi connectivity index (χ2n) is 7.44. The summed E-state index contributed by atoms with van der Waals surface area (Å²) in [5, 5.41) is 5.80. The third-order valence-electron chi connectivity index (χ3n) is 5.54. The second kappa shape index (κ2) is 11.8. The number of likely N-dealkylation sites (tertiary alicyclic amines) is 1. The molecule has 7 heteroatoms. The molecule has 1 N–H and O–H groups in total. The average molecular weight is 529 g/mol. The van der Waals surface area contributed by atoms with Gasteiger partial charge in [-0.2, -0.15) is 0 Å². The fourth-order valence-corrected chi connectivity index (χ4v) is 5.14. The third-order valence-corrected chi connectivity index (χ3v) is 6.48. The lowest BCUT2D eigenvalue weighted by atomic mass is 9.88. The second-order valence-corrected chi connectivity index (χ2v) is 8.42. The number of halogens is 1. The van der Waals surface area contributed by atoms with Crippen LogP contribution in [0.2, 0.25) is 0 Å². The molecule has 160 valence electrons. The number of benzene rings is 1. The maximum Gasteiger partial charge on any atom is 0.193 e. The van der Waals surface area contributed by atoms with Crippen LogP contribution >= 0.6 is 35.3 Å². The van der Waals surface area contributed by atoms with Gasteiger partial charge in [0.05, 0.1) is 7.11 Å². The minimum atomic E-state index is 0. The van der Waals surface area contributed by atoms with E-state index < -0.39 is 0 Å². The lowest BCUT2D eigenvalue weighted by molar-refractivity contribution is 0.124. The number of para-hydroxylation sites is 1. The van der Waals surface area contributed by atoms with Gasteiger partial charge in [0.15, 0.2) is 5.96 Å². The Kier molecular flexibility index (Phi) is 9.71. The molecule has 5 nitrogen and oxygen atoms in total. The van der Waals surface area contributed by atoms with Gasteiger partial charge >= 0.3 is 0 Å². The van der Waals surface area contributed by atoms with Gasteiger partial charge in [0.2, 0.25) is 0 Å². The molecule has 1 aromatic heterocycles. The molecule has 1 saturated heterocycles. The number of nitrogens with zero attached hydrogens (tertiary/aromatic N) is 3. The third kappa shape index (κ3) is 6.08. The highest BCUT2D eigenvalue weighted by atomic mass is 127. The topological polar surface area (TPSA) is 40.1 Å². The number of hydrogen-bond donors (Lipinski definition) is 1. The Bertz CT molecular complexity index is 768. The predicted molar refractivity (Wildman–Crippen MR) is 134 cm³/mol. The van der Waals surface area contributed by atoms with Crippen LogP contribution in [0.5, 0.6) is 5.75 Å². The molecular formula is C22H33IN4OS. The van der Waals surface area contributed by atoms with Crippen LogP contribution in [0.1, 0.15) is 29.3 Å². The highest BCUT2D eigenvalue weighted by Gasteiger charge is 2.31. The summed E-state index contributed by atoms with van der Waals surface area (Å²) < 4.78 is 5.49. The molecule has 0 aliphatic carbocycles. The van der Waals surface area contributed by atoms with Crippen molar-refractivity contribution in [3.63, 3.8) is 0 Å². The van der Waals surface area contributed by atoms with Gasteiger partial charge in [-0.1, -0.05) is 24.3 Å². The molecule has 1 aliphatic rings. The first-order valence-corrected chi connectivity index (χ1v) is 10.8. The largest absolute Gasteiger partial charge is 0.496 e. The number of thiophene rings is 1. The van der Waals surface area contributed by atoms with E-state index in [2.05, 4.69) is 57.8 Å². The Hall–Kier alpha value is -1.32. The van der Waals surface area contributed by atoms with E-state index in [0.29, 0.717) is 12.0 Å². The number of hydrogen-bond acceptors (Lipinski definition) is 4. The fourth-order valence-electron chi connectivity index (χ4n) is 4.15. The van der Waals surface area contributed by atoms with Crippen LogP contribution in [-0.2, 0) is 6.54 Å². The van der Waals surface area contributed by atoms with Crippen molar-refractivity contribution in [2.75, 3.05) is 41.3 Å². The molecule has 0 bridgehead atoms. The Labute approximate surface area is 196 Å². The molecule has 2 unspecified atom stereocenters. The van der Waals surface area contributed by atoms with Gasteiger partial charge in [-0.3, -0.25) is 9.89 Å². The summed E-state index contributed by atoms with van der Waals surface area (Å²) in [4.78, 5) is 10.6. The van der Waals surface area contributed by atoms with E-state index in [1.54, 1.807) is 7.11 Å². The minimum absolute atomic E-state index is 0. The van der Waals surface area contributed by atoms with Crippen molar-refractivity contribution in [3.05, 3.63) is 52.2 Å². The fraction of sp³-hybridized carbons (Fsp3) is 0.500. The van der Waals surface area contributed by atoms with E-state index in [9.17, 15) is 0 Å². The lowest BCUT2D eigenvalue weighted by Crippen LogP contribution is -2.45. The average Bonchev–Trinajstić information content (AvgIpc) is 3.23. The lowest BCUT2D eigenvalue weighted by Gasteiger charge is -2.39. The van der Waals surface area contributed by atoms with Crippen LogP contribution in [0.4, 0.5) is 0 Å². The first kappa shape index (κ1) is 24.0. The zero-order chi connectivity index (χ0) is 19.9. The quantitative estimate of drug-likeness (QED) is 0.342. The van der Waals surface area contributed by atoms with Crippen molar-refractivity contribution in [1.29, 1.82) is 0 Å². The number of nitrogens with one attached hydrogen (secondary N) is 1. The van der Waals surface area contributed by atoms with Crippen LogP contribution in [0.15, 0.2) is 46.8 Å². The van der Waals surface area contributed by atoms with E-state index in [4.69, 9.17) is 4.74 Å². The van der Waals surface area contributed by atoms with Crippen molar-refractivity contribution in [1.82, 2.24) is 15.1 Å². The molecular weight excluding hydrogens is 495 g/mol. The smallest absolute Gasteiger partial charge is 0.193 e. The Morgan fingerprint density at radius 2 is 2.10 bits per heavy atom. The summed E-state index contributed by atoms with van der Waals surface area (Å²) in [6.45, 7) is 2.85. The summed E-state index contributed by atoms with van der Waals surface area (Å²) in [7, 11) is 7.89. The van der Waals surface area contributed by atoms with Gasteiger partial charge in [0, 0.05) is 43.7 Å². The van der Waals surface area contributed by atoms with Crippen molar-refractivity contribution in [2.45, 2.75) is 25.4 Å². The molecule has 29 heavy (non-hydrogen) atoms. The zero-order valence-electron chi connectivity index (χ0n) is 17.8. The van der Waals surface area contributed by atoms with Crippen LogP contribution in [0, 0.1) is 5.92 Å². The SMILES string of the molecule is CN=C(NCC1CCCN(C)C1c1cccs1)N(C)Cc1ccccc1OC.I. The molecule has 2 aromatic rings. The van der Waals surface area contributed by atoms with Crippen molar-refractivity contribution < 1.29 is 4.74 Å². The number of guanidine groups is 1. The van der Waals surface area contributed by atoms with E-state index in [-0.39, 0.29) is 24.0 Å². The number of aliphatic imine (C=N–C) groups is 1. The highest BCUT2D eigenvalue weighted by Crippen LogP contribution is 2.36. The number of piperidine rings is 1. The molecule has 1 aromatic carbocycles. The molecule has 3 rings (SSSR count). The maximum atomic E-state index is 5.49. The summed E-state index contributed by atoms with van der Waals surface area (Å²) >= 11 is 1.87. The van der Waals surface area contributed by atoms with Gasteiger partial charge in [-0.05, 0) is 49.9 Å². The van der Waals surface area contributed by atoms with Crippen LogP contribution in [-0.4, -0.2) is 57.1 Å². The summed E-state index contributed by atoms with van der Waals surface area (Å²) in [6.07, 6.45) is 2.49. The van der Waals surface area contributed by atoms with Gasteiger partial charge in [-0.15, -0.1) is 35.3 Å².